The first-order valence-electron chi connectivity index (χ1n) is 9.84. The Morgan fingerprint density at radius 2 is 1.79 bits per heavy atom. The van der Waals surface area contributed by atoms with Crippen LogP contribution < -0.4 is 4.90 Å². The summed E-state index contributed by atoms with van der Waals surface area (Å²) in [4.78, 5) is 35.9. The number of carbonyl (C=O) groups is 2. The van der Waals surface area contributed by atoms with Gasteiger partial charge in [0.25, 0.3) is 0 Å². The van der Waals surface area contributed by atoms with E-state index in [-0.39, 0.29) is 24.9 Å². The quantitative estimate of drug-likeness (QED) is 0.624. The van der Waals surface area contributed by atoms with Crippen molar-refractivity contribution in [2.45, 2.75) is 33.3 Å². The highest BCUT2D eigenvalue weighted by atomic mass is 16.5. The van der Waals surface area contributed by atoms with E-state index in [1.54, 1.807) is 4.90 Å². The summed E-state index contributed by atoms with van der Waals surface area (Å²) >= 11 is 0. The lowest BCUT2D eigenvalue weighted by molar-refractivity contribution is -0.149. The summed E-state index contributed by atoms with van der Waals surface area (Å²) in [5.41, 5.74) is 4.92. The summed E-state index contributed by atoms with van der Waals surface area (Å²) in [7, 11) is 0. The molecule has 1 atom stereocenters. The van der Waals surface area contributed by atoms with Crippen molar-refractivity contribution >= 4 is 28.6 Å². The van der Waals surface area contributed by atoms with Gasteiger partial charge in [0.05, 0.1) is 28.3 Å². The number of esters is 1. The second-order valence-electron chi connectivity index (χ2n) is 7.24. The molecule has 0 bridgehead atoms. The molecular weight excluding hydrogens is 366 g/mol. The fraction of sp³-hybridized carbons (Fsp3) is 0.304. The summed E-state index contributed by atoms with van der Waals surface area (Å²) < 4.78 is 5.51. The van der Waals surface area contributed by atoms with E-state index < -0.39 is 5.92 Å². The van der Waals surface area contributed by atoms with Crippen LogP contribution in [0.5, 0.6) is 0 Å². The van der Waals surface area contributed by atoms with E-state index in [0.717, 1.165) is 34.4 Å². The molecule has 1 aliphatic rings. The second kappa shape index (κ2) is 7.99. The zero-order chi connectivity index (χ0) is 20.4. The maximum Gasteiger partial charge on any atom is 0.311 e. The standard InChI is InChI=1S/C23H23N3O3/c1-3-16-8-4-7-11-21(16)26-13-17(12-22(26)27)23(28)29-14-20-15(2)24-18-9-5-6-10-19(18)25-20/h4-11,17H,3,12-14H2,1-2H3/t17-/m0/s1. The molecule has 0 aliphatic carbocycles. The maximum atomic E-state index is 12.6. The van der Waals surface area contributed by atoms with Gasteiger partial charge in [-0.05, 0) is 37.1 Å². The summed E-state index contributed by atoms with van der Waals surface area (Å²) in [5, 5.41) is 0. The van der Waals surface area contributed by atoms with E-state index >= 15 is 0 Å². The van der Waals surface area contributed by atoms with Gasteiger partial charge >= 0.3 is 5.97 Å². The monoisotopic (exact) mass is 389 g/mol. The number of anilines is 1. The number of hydrogen-bond acceptors (Lipinski definition) is 5. The Labute approximate surface area is 169 Å². The van der Waals surface area contributed by atoms with Crippen molar-refractivity contribution in [3.8, 4) is 0 Å². The van der Waals surface area contributed by atoms with E-state index in [4.69, 9.17) is 4.74 Å². The molecule has 1 saturated heterocycles. The van der Waals surface area contributed by atoms with Gasteiger partial charge in [-0.3, -0.25) is 9.59 Å². The van der Waals surface area contributed by atoms with Crippen molar-refractivity contribution in [3.63, 3.8) is 0 Å². The molecule has 1 fully saturated rings. The van der Waals surface area contributed by atoms with Crippen molar-refractivity contribution in [2.75, 3.05) is 11.4 Å². The van der Waals surface area contributed by atoms with Gasteiger partial charge in [-0.2, -0.15) is 0 Å². The molecule has 2 heterocycles. The van der Waals surface area contributed by atoms with Crippen molar-refractivity contribution < 1.29 is 14.3 Å². The van der Waals surface area contributed by atoms with Crippen LogP contribution in [0.3, 0.4) is 0 Å². The summed E-state index contributed by atoms with van der Waals surface area (Å²) in [6.07, 6.45) is 0.994. The fourth-order valence-electron chi connectivity index (χ4n) is 3.69. The van der Waals surface area contributed by atoms with Gasteiger partial charge in [-0.25, -0.2) is 9.97 Å². The molecule has 1 amide bonds. The Bertz CT molecular complexity index is 1080. The average molecular weight is 389 g/mol. The SMILES string of the molecule is CCc1ccccc1N1C[C@@H](C(=O)OCc2nc3ccccc3nc2C)CC1=O. The zero-order valence-corrected chi connectivity index (χ0v) is 16.6. The van der Waals surface area contributed by atoms with Gasteiger partial charge < -0.3 is 9.64 Å². The highest BCUT2D eigenvalue weighted by molar-refractivity contribution is 6.00. The molecule has 0 saturated carbocycles. The van der Waals surface area contributed by atoms with Crippen molar-refractivity contribution in [1.29, 1.82) is 0 Å². The van der Waals surface area contributed by atoms with Crippen LogP contribution in [0.1, 0.15) is 30.3 Å². The Kier molecular flexibility index (Phi) is 5.25. The van der Waals surface area contributed by atoms with Crippen LogP contribution in [0.2, 0.25) is 0 Å². The molecule has 0 unspecified atom stereocenters. The highest BCUT2D eigenvalue weighted by Crippen LogP contribution is 2.29. The molecule has 1 aromatic heterocycles. The minimum Gasteiger partial charge on any atom is -0.459 e. The number of para-hydroxylation sites is 3. The first-order chi connectivity index (χ1) is 14.1. The third-order valence-electron chi connectivity index (χ3n) is 5.32. The molecule has 2 aromatic carbocycles. The molecule has 148 valence electrons. The lowest BCUT2D eigenvalue weighted by Gasteiger charge is -2.19. The molecule has 29 heavy (non-hydrogen) atoms. The van der Waals surface area contributed by atoms with Crippen molar-refractivity contribution in [3.05, 3.63) is 65.5 Å². The normalized spacial score (nSPS) is 16.4. The van der Waals surface area contributed by atoms with Crippen LogP contribution >= 0.6 is 0 Å². The van der Waals surface area contributed by atoms with Crippen molar-refractivity contribution in [2.24, 2.45) is 5.92 Å². The van der Waals surface area contributed by atoms with Crippen LogP contribution in [-0.2, 0) is 27.4 Å². The predicted octanol–water partition coefficient (Wildman–Crippen LogP) is 3.60. The number of ether oxygens (including phenoxy) is 1. The Hall–Kier alpha value is -3.28. The number of aryl methyl sites for hydroxylation is 2. The minimum absolute atomic E-state index is 0.0467. The van der Waals surface area contributed by atoms with E-state index in [2.05, 4.69) is 16.9 Å². The smallest absolute Gasteiger partial charge is 0.311 e. The first-order valence-corrected chi connectivity index (χ1v) is 9.84. The summed E-state index contributed by atoms with van der Waals surface area (Å²) in [6.45, 7) is 4.30. The Morgan fingerprint density at radius 3 is 2.55 bits per heavy atom. The average Bonchev–Trinajstić information content (AvgIpc) is 3.13. The van der Waals surface area contributed by atoms with Gasteiger partial charge in [0, 0.05) is 18.7 Å². The highest BCUT2D eigenvalue weighted by Gasteiger charge is 2.36. The Balaban J connectivity index is 1.44. The second-order valence-corrected chi connectivity index (χ2v) is 7.24. The van der Waals surface area contributed by atoms with E-state index in [9.17, 15) is 9.59 Å². The molecule has 0 spiro atoms. The van der Waals surface area contributed by atoms with Crippen LogP contribution in [0.4, 0.5) is 5.69 Å². The van der Waals surface area contributed by atoms with Crippen LogP contribution in [-0.4, -0.2) is 28.4 Å². The Morgan fingerprint density at radius 1 is 1.10 bits per heavy atom. The maximum absolute atomic E-state index is 12.6. The topological polar surface area (TPSA) is 72.4 Å². The van der Waals surface area contributed by atoms with Gasteiger partial charge in [0.15, 0.2) is 0 Å². The third-order valence-corrected chi connectivity index (χ3v) is 5.32. The van der Waals surface area contributed by atoms with Gasteiger partial charge in [0.1, 0.15) is 6.61 Å². The van der Waals surface area contributed by atoms with Gasteiger partial charge in [-0.1, -0.05) is 37.3 Å². The number of nitrogens with zero attached hydrogens (tertiary/aromatic N) is 3. The van der Waals surface area contributed by atoms with Crippen LogP contribution in [0, 0.1) is 12.8 Å². The van der Waals surface area contributed by atoms with E-state index in [1.165, 1.54) is 0 Å². The number of amides is 1. The third kappa shape index (κ3) is 3.83. The molecule has 3 aromatic rings. The lowest BCUT2D eigenvalue weighted by Crippen LogP contribution is -2.27. The number of rotatable bonds is 5. The van der Waals surface area contributed by atoms with Gasteiger partial charge in [-0.15, -0.1) is 0 Å². The van der Waals surface area contributed by atoms with E-state index in [0.29, 0.717) is 12.2 Å². The molecule has 0 N–H and O–H groups in total. The number of hydrogen-bond donors (Lipinski definition) is 0. The first kappa shape index (κ1) is 19.1. The summed E-state index contributed by atoms with van der Waals surface area (Å²) in [5.74, 6) is -0.889. The molecule has 1 aliphatic heterocycles. The molecule has 6 nitrogen and oxygen atoms in total. The van der Waals surface area contributed by atoms with E-state index in [1.807, 2.05) is 55.5 Å². The van der Waals surface area contributed by atoms with Crippen LogP contribution in [0.15, 0.2) is 48.5 Å². The molecule has 0 radical (unpaired) electrons. The molecule has 4 rings (SSSR count). The van der Waals surface area contributed by atoms with Crippen LogP contribution in [0.25, 0.3) is 11.0 Å². The fourth-order valence-corrected chi connectivity index (χ4v) is 3.69. The number of benzene rings is 2. The minimum atomic E-state index is -0.471. The number of aromatic nitrogens is 2. The van der Waals surface area contributed by atoms with Gasteiger partial charge in [0.2, 0.25) is 5.91 Å². The predicted molar refractivity (Wildman–Crippen MR) is 110 cm³/mol. The number of fused-ring (bicyclic) bond motifs is 1. The summed E-state index contributed by atoms with van der Waals surface area (Å²) in [6, 6.07) is 15.4. The van der Waals surface area contributed by atoms with Crippen molar-refractivity contribution in [1.82, 2.24) is 9.97 Å². The molecular formula is C23H23N3O3. The molecule has 6 heteroatoms. The lowest BCUT2D eigenvalue weighted by atomic mass is 10.1. The largest absolute Gasteiger partial charge is 0.459 e. The number of carbonyl (C=O) groups excluding carboxylic acids is 2. The zero-order valence-electron chi connectivity index (χ0n) is 16.6.